The first-order valence-corrected chi connectivity index (χ1v) is 7.56. The number of rotatable bonds is 4. The highest BCUT2D eigenvalue weighted by Gasteiger charge is 2.19. The van der Waals surface area contributed by atoms with Gasteiger partial charge < -0.3 is 5.32 Å². The summed E-state index contributed by atoms with van der Waals surface area (Å²) in [5.74, 6) is -3.79. The Hall–Kier alpha value is -2.28. The average molecular weight is 311 g/mol. The highest BCUT2D eigenvalue weighted by molar-refractivity contribution is 7.92. The van der Waals surface area contributed by atoms with Crippen molar-refractivity contribution in [2.24, 2.45) is 0 Å². The van der Waals surface area contributed by atoms with E-state index < -0.39 is 33.1 Å². The maximum absolute atomic E-state index is 13.0. The van der Waals surface area contributed by atoms with Gasteiger partial charge in [-0.05, 0) is 24.3 Å². The fourth-order valence-corrected chi connectivity index (χ4v) is 2.81. The topological polar surface area (TPSA) is 63.2 Å². The lowest BCUT2D eigenvalue weighted by Crippen LogP contribution is -2.23. The van der Waals surface area contributed by atoms with Crippen LogP contribution in [0.2, 0.25) is 0 Å². The van der Waals surface area contributed by atoms with Gasteiger partial charge in [0.25, 0.3) is 0 Å². The standard InChI is InChI=1S/C14H11F2NO3S/c15-12-7-6-10(8-13(12)16)17-14(18)9-21(19,20)11-4-2-1-3-5-11/h1-8H,9H2,(H,17,18). The number of amides is 1. The number of hydrogen-bond acceptors (Lipinski definition) is 3. The van der Waals surface area contributed by atoms with Gasteiger partial charge in [-0.3, -0.25) is 4.79 Å². The zero-order chi connectivity index (χ0) is 15.5. The number of nitrogens with one attached hydrogen (secondary N) is 1. The molecule has 7 heteroatoms. The van der Waals surface area contributed by atoms with Crippen LogP contribution >= 0.6 is 0 Å². The van der Waals surface area contributed by atoms with Crippen LogP contribution in [0.15, 0.2) is 53.4 Å². The lowest BCUT2D eigenvalue weighted by atomic mass is 10.3. The Balaban J connectivity index is 2.10. The molecule has 0 aliphatic heterocycles. The van der Waals surface area contributed by atoms with E-state index in [1.165, 1.54) is 12.1 Å². The molecule has 0 heterocycles. The first-order chi connectivity index (χ1) is 9.88. The lowest BCUT2D eigenvalue weighted by molar-refractivity contribution is -0.113. The van der Waals surface area contributed by atoms with Crippen molar-refractivity contribution in [1.29, 1.82) is 0 Å². The Kier molecular flexibility index (Phi) is 4.32. The summed E-state index contributed by atoms with van der Waals surface area (Å²) in [6.45, 7) is 0. The van der Waals surface area contributed by atoms with E-state index in [-0.39, 0.29) is 10.6 Å². The Morgan fingerprint density at radius 1 is 1.00 bits per heavy atom. The Labute approximate surface area is 120 Å². The Bertz CT molecular complexity index is 761. The first-order valence-electron chi connectivity index (χ1n) is 5.91. The fraction of sp³-hybridized carbons (Fsp3) is 0.0714. The van der Waals surface area contributed by atoms with Crippen molar-refractivity contribution in [3.8, 4) is 0 Å². The monoisotopic (exact) mass is 311 g/mol. The van der Waals surface area contributed by atoms with E-state index >= 15 is 0 Å². The smallest absolute Gasteiger partial charge is 0.239 e. The molecule has 0 saturated heterocycles. The van der Waals surface area contributed by atoms with Crippen molar-refractivity contribution < 1.29 is 22.0 Å². The van der Waals surface area contributed by atoms with Gasteiger partial charge in [-0.1, -0.05) is 18.2 Å². The predicted molar refractivity (Wildman–Crippen MR) is 73.5 cm³/mol. The minimum absolute atomic E-state index is 0.0119. The third-order valence-corrected chi connectivity index (χ3v) is 4.26. The van der Waals surface area contributed by atoms with Gasteiger partial charge in [0, 0.05) is 11.8 Å². The minimum atomic E-state index is -3.78. The van der Waals surface area contributed by atoms with Gasteiger partial charge in [-0.15, -0.1) is 0 Å². The molecule has 2 aromatic carbocycles. The Morgan fingerprint density at radius 2 is 1.67 bits per heavy atom. The molecule has 0 aromatic heterocycles. The zero-order valence-electron chi connectivity index (χ0n) is 10.7. The van der Waals surface area contributed by atoms with Crippen LogP contribution in [0.5, 0.6) is 0 Å². The van der Waals surface area contributed by atoms with E-state index in [4.69, 9.17) is 0 Å². The summed E-state index contributed by atoms with van der Waals surface area (Å²) in [7, 11) is -3.78. The number of carbonyl (C=O) groups is 1. The second-order valence-corrected chi connectivity index (χ2v) is 6.24. The summed E-state index contributed by atoms with van der Waals surface area (Å²) in [6, 6.07) is 10.3. The number of anilines is 1. The molecule has 4 nitrogen and oxygen atoms in total. The molecule has 0 saturated carbocycles. The zero-order valence-corrected chi connectivity index (χ0v) is 11.5. The summed E-state index contributed by atoms with van der Waals surface area (Å²) in [5, 5.41) is 2.21. The van der Waals surface area contributed by atoms with E-state index in [0.29, 0.717) is 0 Å². The normalized spacial score (nSPS) is 11.1. The lowest BCUT2D eigenvalue weighted by Gasteiger charge is -2.07. The molecule has 2 aromatic rings. The van der Waals surface area contributed by atoms with Gasteiger partial charge in [-0.25, -0.2) is 17.2 Å². The number of sulfone groups is 1. The third kappa shape index (κ3) is 3.85. The molecule has 0 atom stereocenters. The van der Waals surface area contributed by atoms with Crippen LogP contribution in [0.25, 0.3) is 0 Å². The second-order valence-electron chi connectivity index (χ2n) is 4.25. The molecule has 0 bridgehead atoms. The molecule has 1 N–H and O–H groups in total. The molecule has 1 amide bonds. The third-order valence-electron chi connectivity index (χ3n) is 2.63. The van der Waals surface area contributed by atoms with E-state index in [1.807, 2.05) is 0 Å². The van der Waals surface area contributed by atoms with E-state index in [9.17, 15) is 22.0 Å². The molecule has 0 spiro atoms. The number of carbonyl (C=O) groups excluding carboxylic acids is 1. The molecule has 0 aliphatic carbocycles. The molecule has 2 rings (SSSR count). The summed E-state index contributed by atoms with van der Waals surface area (Å²) in [5.41, 5.74) is -0.0119. The van der Waals surface area contributed by atoms with Crippen molar-refractivity contribution in [2.45, 2.75) is 4.90 Å². The van der Waals surface area contributed by atoms with Crippen LogP contribution < -0.4 is 5.32 Å². The molecule has 110 valence electrons. The van der Waals surface area contributed by atoms with Crippen molar-refractivity contribution >= 4 is 21.4 Å². The maximum atomic E-state index is 13.0. The molecule has 0 radical (unpaired) electrons. The molecule has 21 heavy (non-hydrogen) atoms. The number of benzene rings is 2. The van der Waals surface area contributed by atoms with Crippen LogP contribution in [0.3, 0.4) is 0 Å². The summed E-state index contributed by atoms with van der Waals surface area (Å²) in [4.78, 5) is 11.7. The van der Waals surface area contributed by atoms with Crippen LogP contribution in [-0.4, -0.2) is 20.1 Å². The second kappa shape index (κ2) is 6.01. The van der Waals surface area contributed by atoms with Gasteiger partial charge >= 0.3 is 0 Å². The quantitative estimate of drug-likeness (QED) is 0.943. The van der Waals surface area contributed by atoms with Crippen molar-refractivity contribution in [2.75, 3.05) is 11.1 Å². The molecular weight excluding hydrogens is 300 g/mol. The van der Waals surface area contributed by atoms with Gasteiger partial charge in [0.05, 0.1) is 4.90 Å². The SMILES string of the molecule is O=C(CS(=O)(=O)c1ccccc1)Nc1ccc(F)c(F)c1. The van der Waals surface area contributed by atoms with Crippen molar-refractivity contribution in [1.82, 2.24) is 0 Å². The van der Waals surface area contributed by atoms with Crippen LogP contribution in [0, 0.1) is 11.6 Å². The van der Waals surface area contributed by atoms with Crippen LogP contribution in [0.1, 0.15) is 0 Å². The average Bonchev–Trinajstić information content (AvgIpc) is 2.43. The van der Waals surface area contributed by atoms with Crippen molar-refractivity contribution in [3.05, 3.63) is 60.2 Å². The van der Waals surface area contributed by atoms with Gasteiger partial charge in [0.1, 0.15) is 5.75 Å². The van der Waals surface area contributed by atoms with Gasteiger partial charge in [0.15, 0.2) is 21.5 Å². The van der Waals surface area contributed by atoms with Crippen molar-refractivity contribution in [3.63, 3.8) is 0 Å². The number of halogens is 2. The summed E-state index contributed by atoms with van der Waals surface area (Å²) < 4.78 is 49.7. The summed E-state index contributed by atoms with van der Waals surface area (Å²) >= 11 is 0. The number of hydrogen-bond donors (Lipinski definition) is 1. The predicted octanol–water partition coefficient (Wildman–Crippen LogP) is 2.38. The van der Waals surface area contributed by atoms with Gasteiger partial charge in [0.2, 0.25) is 5.91 Å². The van der Waals surface area contributed by atoms with Crippen LogP contribution in [-0.2, 0) is 14.6 Å². The summed E-state index contributed by atoms with van der Waals surface area (Å²) in [6.07, 6.45) is 0. The van der Waals surface area contributed by atoms with E-state index in [2.05, 4.69) is 5.32 Å². The largest absolute Gasteiger partial charge is 0.325 e. The van der Waals surface area contributed by atoms with E-state index in [1.54, 1.807) is 18.2 Å². The highest BCUT2D eigenvalue weighted by atomic mass is 32.2. The van der Waals surface area contributed by atoms with E-state index in [0.717, 1.165) is 18.2 Å². The molecule has 0 unspecified atom stereocenters. The minimum Gasteiger partial charge on any atom is -0.325 e. The first kappa shape index (κ1) is 15.1. The molecule has 0 fully saturated rings. The Morgan fingerprint density at radius 3 is 2.29 bits per heavy atom. The highest BCUT2D eigenvalue weighted by Crippen LogP contribution is 2.14. The maximum Gasteiger partial charge on any atom is 0.239 e. The molecular formula is C14H11F2NO3S. The molecule has 0 aliphatic rings. The van der Waals surface area contributed by atoms with Crippen LogP contribution in [0.4, 0.5) is 14.5 Å². The fourth-order valence-electron chi connectivity index (χ4n) is 1.65. The van der Waals surface area contributed by atoms with Gasteiger partial charge in [-0.2, -0.15) is 0 Å².